The zero-order valence-electron chi connectivity index (χ0n) is 21.9. The summed E-state index contributed by atoms with van der Waals surface area (Å²) in [6.07, 6.45) is 6.89. The molecule has 1 unspecified atom stereocenters. The molecular formula is C29H35N3O7. The molecule has 1 spiro atoms. The number of amides is 2. The number of nitrogens with zero attached hydrogens (tertiary/aromatic N) is 3. The molecule has 0 bridgehead atoms. The Kier molecular flexibility index (Phi) is 7.28. The number of ether oxygens (including phenoxy) is 3. The number of carbonyl (C=O) groups excluding carboxylic acids is 3. The van der Waals surface area contributed by atoms with Crippen LogP contribution in [0.3, 0.4) is 0 Å². The average molecular weight is 538 g/mol. The van der Waals surface area contributed by atoms with Crippen molar-refractivity contribution in [2.45, 2.75) is 30.2 Å². The number of aliphatic hydroxyl groups is 1. The molecule has 5 aliphatic rings. The lowest BCUT2D eigenvalue weighted by Gasteiger charge is -2.39. The Morgan fingerprint density at radius 3 is 2.59 bits per heavy atom. The van der Waals surface area contributed by atoms with E-state index in [0.29, 0.717) is 39.3 Å². The number of morpholine rings is 1. The summed E-state index contributed by atoms with van der Waals surface area (Å²) in [5.41, 5.74) is -0.394. The lowest BCUT2D eigenvalue weighted by atomic mass is 9.78. The zero-order valence-corrected chi connectivity index (χ0v) is 21.9. The third kappa shape index (κ3) is 4.59. The van der Waals surface area contributed by atoms with E-state index in [9.17, 15) is 19.5 Å². The smallest absolute Gasteiger partial charge is 0.313 e. The summed E-state index contributed by atoms with van der Waals surface area (Å²) < 4.78 is 17.4. The normalized spacial score (nSPS) is 33.3. The van der Waals surface area contributed by atoms with Gasteiger partial charge in [-0.3, -0.25) is 19.3 Å². The summed E-state index contributed by atoms with van der Waals surface area (Å²) in [5.74, 6) is -2.88. The summed E-state index contributed by atoms with van der Waals surface area (Å²) >= 11 is 0. The molecule has 10 heteroatoms. The fourth-order valence-corrected chi connectivity index (χ4v) is 6.77. The number of carbonyl (C=O) groups is 3. The van der Waals surface area contributed by atoms with Gasteiger partial charge in [0.15, 0.2) is 0 Å². The summed E-state index contributed by atoms with van der Waals surface area (Å²) in [7, 11) is 0. The number of hydrogen-bond donors (Lipinski definition) is 1. The molecule has 3 fully saturated rings. The van der Waals surface area contributed by atoms with Gasteiger partial charge in [-0.1, -0.05) is 48.6 Å². The Labute approximate surface area is 227 Å². The first-order valence-corrected chi connectivity index (χ1v) is 13.8. The highest BCUT2D eigenvalue weighted by Gasteiger charge is 2.72. The van der Waals surface area contributed by atoms with Crippen LogP contribution in [-0.4, -0.2) is 121 Å². The first-order chi connectivity index (χ1) is 19.0. The van der Waals surface area contributed by atoms with E-state index in [4.69, 9.17) is 14.2 Å². The molecule has 2 amide bonds. The predicted molar refractivity (Wildman–Crippen MR) is 139 cm³/mol. The first kappa shape index (κ1) is 26.2. The lowest BCUT2D eigenvalue weighted by Crippen LogP contribution is -2.59. The Balaban J connectivity index is 1.36. The van der Waals surface area contributed by atoms with Crippen molar-refractivity contribution in [3.8, 4) is 0 Å². The highest BCUT2D eigenvalue weighted by molar-refractivity contribution is 5.99. The number of benzene rings is 1. The van der Waals surface area contributed by atoms with Crippen molar-refractivity contribution in [1.29, 1.82) is 0 Å². The summed E-state index contributed by atoms with van der Waals surface area (Å²) in [4.78, 5) is 47.3. The third-order valence-corrected chi connectivity index (χ3v) is 8.64. The molecule has 1 N–H and O–H groups in total. The SMILES string of the molecule is O=C1OCC=C[C@H]2O[C@]34C=CCN(CCN5CCOCC5)C(=O)C3N([C@@H](CO)Cc3ccccc3)C(=O)[C@@H]4[C@@H]12. The molecular weight excluding hydrogens is 502 g/mol. The van der Waals surface area contributed by atoms with E-state index in [0.717, 1.165) is 18.7 Å². The maximum absolute atomic E-state index is 14.4. The summed E-state index contributed by atoms with van der Waals surface area (Å²) in [6, 6.07) is 7.91. The van der Waals surface area contributed by atoms with Crippen molar-refractivity contribution in [2.75, 3.05) is 59.2 Å². The van der Waals surface area contributed by atoms with Crippen molar-refractivity contribution in [3.63, 3.8) is 0 Å². The molecule has 3 saturated heterocycles. The van der Waals surface area contributed by atoms with Gasteiger partial charge in [0, 0.05) is 32.7 Å². The minimum absolute atomic E-state index is 0.119. The highest BCUT2D eigenvalue weighted by atomic mass is 16.6. The standard InChI is InChI=1S/C29H35N3O7/c33-19-21(18-20-6-2-1-3-7-20)32-25-27(35)31(12-11-30-13-16-37-17-14-30)10-5-9-29(25)24(26(32)34)23-22(39-29)8-4-15-38-28(23)36/h1-9,21-25,33H,10-19H2/t21-,22-,23+,24+,25?,29+/m1/s1. The summed E-state index contributed by atoms with van der Waals surface area (Å²) in [6.45, 7) is 4.29. The quantitative estimate of drug-likeness (QED) is 0.383. The molecule has 0 radical (unpaired) electrons. The number of cyclic esters (lactones) is 1. The molecule has 5 aliphatic heterocycles. The van der Waals surface area contributed by atoms with Gasteiger partial charge in [-0.05, 0) is 18.1 Å². The van der Waals surface area contributed by atoms with E-state index in [2.05, 4.69) is 4.90 Å². The van der Waals surface area contributed by atoms with Crippen LogP contribution in [0, 0.1) is 11.8 Å². The van der Waals surface area contributed by atoms with Gasteiger partial charge in [0.1, 0.15) is 24.2 Å². The van der Waals surface area contributed by atoms with E-state index in [-0.39, 0.29) is 25.0 Å². The zero-order chi connectivity index (χ0) is 27.0. The molecule has 1 aromatic rings. The third-order valence-electron chi connectivity index (χ3n) is 8.64. The largest absolute Gasteiger partial charge is 0.461 e. The van der Waals surface area contributed by atoms with Gasteiger partial charge in [0.25, 0.3) is 0 Å². The van der Waals surface area contributed by atoms with E-state index >= 15 is 0 Å². The topological polar surface area (TPSA) is 109 Å². The fourth-order valence-electron chi connectivity index (χ4n) is 6.77. The molecule has 1 aromatic carbocycles. The molecule has 39 heavy (non-hydrogen) atoms. The van der Waals surface area contributed by atoms with E-state index in [1.807, 2.05) is 42.5 Å². The van der Waals surface area contributed by atoms with Crippen LogP contribution in [-0.2, 0) is 35.0 Å². The van der Waals surface area contributed by atoms with Gasteiger partial charge in [-0.2, -0.15) is 0 Å². The van der Waals surface area contributed by atoms with Crippen molar-refractivity contribution in [3.05, 3.63) is 60.2 Å². The fraction of sp³-hybridized carbons (Fsp3) is 0.552. The minimum Gasteiger partial charge on any atom is -0.461 e. The average Bonchev–Trinajstić information content (AvgIpc) is 3.27. The van der Waals surface area contributed by atoms with E-state index in [1.54, 1.807) is 17.1 Å². The van der Waals surface area contributed by atoms with E-state index in [1.165, 1.54) is 4.90 Å². The second-order valence-corrected chi connectivity index (χ2v) is 10.8. The van der Waals surface area contributed by atoms with Crippen molar-refractivity contribution in [1.82, 2.24) is 14.7 Å². The minimum atomic E-state index is -1.33. The van der Waals surface area contributed by atoms with Crippen LogP contribution in [0.1, 0.15) is 5.56 Å². The van der Waals surface area contributed by atoms with Crippen molar-refractivity contribution in [2.24, 2.45) is 11.8 Å². The Bertz CT molecular complexity index is 1150. The molecule has 6 rings (SSSR count). The van der Waals surface area contributed by atoms with Gasteiger partial charge < -0.3 is 29.1 Å². The van der Waals surface area contributed by atoms with Gasteiger partial charge in [-0.15, -0.1) is 0 Å². The number of likely N-dealkylation sites (tertiary alicyclic amines) is 1. The van der Waals surface area contributed by atoms with Crippen LogP contribution >= 0.6 is 0 Å². The monoisotopic (exact) mass is 537 g/mol. The Morgan fingerprint density at radius 1 is 1.03 bits per heavy atom. The van der Waals surface area contributed by atoms with Crippen LogP contribution in [0.5, 0.6) is 0 Å². The highest BCUT2D eigenvalue weighted by Crippen LogP contribution is 2.53. The molecule has 0 aliphatic carbocycles. The van der Waals surface area contributed by atoms with Crippen LogP contribution in [0.15, 0.2) is 54.6 Å². The van der Waals surface area contributed by atoms with Crippen LogP contribution in [0.25, 0.3) is 0 Å². The Hall–Kier alpha value is -3.05. The first-order valence-electron chi connectivity index (χ1n) is 13.8. The van der Waals surface area contributed by atoms with Crippen molar-refractivity contribution >= 4 is 17.8 Å². The van der Waals surface area contributed by atoms with Crippen LogP contribution in [0.4, 0.5) is 0 Å². The molecule has 0 aromatic heterocycles. The van der Waals surface area contributed by atoms with Gasteiger partial charge in [0.2, 0.25) is 11.8 Å². The molecule has 208 valence electrons. The predicted octanol–water partition coefficient (Wildman–Crippen LogP) is 0.0144. The van der Waals surface area contributed by atoms with Gasteiger partial charge in [0.05, 0.1) is 37.9 Å². The van der Waals surface area contributed by atoms with Gasteiger partial charge >= 0.3 is 5.97 Å². The van der Waals surface area contributed by atoms with Crippen LogP contribution < -0.4 is 0 Å². The maximum Gasteiger partial charge on any atom is 0.313 e. The molecule has 5 heterocycles. The second kappa shape index (κ2) is 10.8. The summed E-state index contributed by atoms with van der Waals surface area (Å²) in [5, 5.41) is 10.5. The molecule has 0 saturated carbocycles. The number of aliphatic hydroxyl groups excluding tert-OH is 1. The number of esters is 1. The maximum atomic E-state index is 14.4. The van der Waals surface area contributed by atoms with E-state index < -0.39 is 41.6 Å². The number of hydrogen-bond acceptors (Lipinski definition) is 8. The van der Waals surface area contributed by atoms with Crippen LogP contribution in [0.2, 0.25) is 0 Å². The Morgan fingerprint density at radius 2 is 1.82 bits per heavy atom. The second-order valence-electron chi connectivity index (χ2n) is 10.8. The van der Waals surface area contributed by atoms with Gasteiger partial charge in [-0.25, -0.2) is 0 Å². The molecule has 6 atom stereocenters. The molecule has 10 nitrogen and oxygen atoms in total. The van der Waals surface area contributed by atoms with Crippen molar-refractivity contribution < 1.29 is 33.7 Å². The number of rotatable bonds is 7. The lowest BCUT2D eigenvalue weighted by molar-refractivity contribution is -0.155. The number of fused-ring (bicyclic) bond motifs is 2.